The lowest BCUT2D eigenvalue weighted by atomic mass is 9.82. The maximum absolute atomic E-state index is 12.6. The first-order chi connectivity index (χ1) is 14.5. The molecule has 1 aliphatic carbocycles. The first-order valence-electron chi connectivity index (χ1n) is 10.3. The van der Waals surface area contributed by atoms with Crippen molar-refractivity contribution in [2.75, 3.05) is 25.1 Å². The second kappa shape index (κ2) is 9.29. The molecule has 2 aromatic rings. The number of carbonyl (C=O) groups excluding carboxylic acids is 2. The molecule has 158 valence electrons. The Balaban J connectivity index is 1.40. The Morgan fingerprint density at radius 1 is 1.07 bits per heavy atom. The number of hydrogen-bond acceptors (Lipinski definition) is 4. The van der Waals surface area contributed by atoms with Crippen molar-refractivity contribution in [1.82, 2.24) is 10.6 Å². The molecule has 0 unspecified atom stereocenters. The molecular weight excluding hydrogens is 446 g/mol. The van der Waals surface area contributed by atoms with Crippen molar-refractivity contribution >= 4 is 33.4 Å². The smallest absolute Gasteiger partial charge is 0.251 e. The molecule has 0 bridgehead atoms. The van der Waals surface area contributed by atoms with Crippen LogP contribution in [0, 0.1) is 0 Å². The Bertz CT molecular complexity index is 923. The van der Waals surface area contributed by atoms with Gasteiger partial charge >= 0.3 is 0 Å². The Kier molecular flexibility index (Phi) is 6.51. The van der Waals surface area contributed by atoms with Crippen molar-refractivity contribution in [2.45, 2.75) is 37.3 Å². The Hall–Kier alpha value is -2.22. The number of anilines is 1. The fourth-order valence-corrected chi connectivity index (χ4v) is 4.16. The topological polar surface area (TPSA) is 79.5 Å². The van der Waals surface area contributed by atoms with E-state index in [1.807, 2.05) is 12.1 Å². The molecule has 3 N–H and O–H groups in total. The van der Waals surface area contributed by atoms with Gasteiger partial charge in [0.25, 0.3) is 5.91 Å². The van der Waals surface area contributed by atoms with E-state index in [4.69, 9.17) is 4.74 Å². The second-order valence-electron chi connectivity index (χ2n) is 7.94. The predicted octanol–water partition coefficient (Wildman–Crippen LogP) is 3.58. The van der Waals surface area contributed by atoms with Crippen LogP contribution in [0.5, 0.6) is 0 Å². The van der Waals surface area contributed by atoms with E-state index in [0.29, 0.717) is 30.5 Å². The van der Waals surface area contributed by atoms with Gasteiger partial charge < -0.3 is 15.4 Å². The lowest BCUT2D eigenvalue weighted by Gasteiger charge is -2.38. The SMILES string of the molecule is O=C(CNC1(c2cccc(Br)c2)CCOCC1)Nc1cccc(C(=O)NC2CC2)c1. The monoisotopic (exact) mass is 471 g/mol. The summed E-state index contributed by atoms with van der Waals surface area (Å²) in [5.41, 5.74) is 2.02. The zero-order valence-electron chi connectivity index (χ0n) is 16.7. The van der Waals surface area contributed by atoms with Crippen molar-refractivity contribution in [1.29, 1.82) is 0 Å². The minimum atomic E-state index is -0.300. The van der Waals surface area contributed by atoms with E-state index in [0.717, 1.165) is 35.7 Å². The Labute approximate surface area is 184 Å². The van der Waals surface area contributed by atoms with Gasteiger partial charge in [-0.25, -0.2) is 0 Å². The van der Waals surface area contributed by atoms with Crippen LogP contribution in [0.15, 0.2) is 53.0 Å². The van der Waals surface area contributed by atoms with E-state index >= 15 is 0 Å². The third-order valence-electron chi connectivity index (χ3n) is 5.63. The van der Waals surface area contributed by atoms with Crippen molar-refractivity contribution in [3.8, 4) is 0 Å². The highest BCUT2D eigenvalue weighted by Gasteiger charge is 2.34. The number of rotatable bonds is 7. The molecule has 2 amide bonds. The third kappa shape index (κ3) is 5.28. The first kappa shape index (κ1) is 21.0. The van der Waals surface area contributed by atoms with E-state index < -0.39 is 0 Å². The van der Waals surface area contributed by atoms with Crippen LogP contribution >= 0.6 is 15.9 Å². The normalized spacial score (nSPS) is 17.9. The number of ether oxygens (including phenoxy) is 1. The van der Waals surface area contributed by atoms with Gasteiger partial charge in [-0.15, -0.1) is 0 Å². The molecule has 2 fully saturated rings. The maximum atomic E-state index is 12.6. The van der Waals surface area contributed by atoms with Crippen LogP contribution < -0.4 is 16.0 Å². The first-order valence-corrected chi connectivity index (χ1v) is 11.1. The number of hydrogen-bond donors (Lipinski definition) is 3. The molecule has 7 heteroatoms. The molecule has 0 aromatic heterocycles. The largest absolute Gasteiger partial charge is 0.381 e. The number of amides is 2. The van der Waals surface area contributed by atoms with Gasteiger partial charge in [-0.1, -0.05) is 34.1 Å². The maximum Gasteiger partial charge on any atom is 0.251 e. The molecule has 0 spiro atoms. The summed E-state index contributed by atoms with van der Waals surface area (Å²) in [4.78, 5) is 24.9. The number of halogens is 1. The molecule has 0 atom stereocenters. The minimum absolute atomic E-state index is 0.0949. The van der Waals surface area contributed by atoms with Gasteiger partial charge in [-0.05, 0) is 61.6 Å². The quantitative estimate of drug-likeness (QED) is 0.576. The standard InChI is InChI=1S/C23H26BrN3O3/c24-18-5-2-4-17(14-18)23(9-11-30-12-10-23)25-15-21(28)26-20-6-1-3-16(13-20)22(29)27-19-7-8-19/h1-6,13-14,19,25H,7-12,15H2,(H,26,28)(H,27,29). The molecule has 4 rings (SSSR count). The van der Waals surface area contributed by atoms with Crippen LogP contribution in [0.2, 0.25) is 0 Å². The lowest BCUT2D eigenvalue weighted by Crippen LogP contribution is -2.49. The average molecular weight is 472 g/mol. The van der Waals surface area contributed by atoms with Gasteiger partial charge in [-0.3, -0.25) is 14.9 Å². The summed E-state index contributed by atoms with van der Waals surface area (Å²) in [6.45, 7) is 1.48. The number of nitrogens with one attached hydrogen (secondary N) is 3. The van der Waals surface area contributed by atoms with Crippen LogP contribution in [0.25, 0.3) is 0 Å². The molecule has 1 saturated heterocycles. The highest BCUT2D eigenvalue weighted by Crippen LogP contribution is 2.33. The van der Waals surface area contributed by atoms with Crippen LogP contribution in [0.1, 0.15) is 41.6 Å². The van der Waals surface area contributed by atoms with E-state index in [1.54, 1.807) is 24.3 Å². The van der Waals surface area contributed by atoms with Crippen molar-refractivity contribution in [3.63, 3.8) is 0 Å². The van der Waals surface area contributed by atoms with Gasteiger partial charge in [0.15, 0.2) is 0 Å². The van der Waals surface area contributed by atoms with Crippen molar-refractivity contribution in [3.05, 3.63) is 64.1 Å². The van der Waals surface area contributed by atoms with Gasteiger partial charge in [0.2, 0.25) is 5.91 Å². The predicted molar refractivity (Wildman–Crippen MR) is 119 cm³/mol. The summed E-state index contributed by atoms with van der Waals surface area (Å²) in [6.07, 6.45) is 3.68. The van der Waals surface area contributed by atoms with Crippen LogP contribution in [-0.2, 0) is 15.1 Å². The molecule has 2 aliphatic rings. The minimum Gasteiger partial charge on any atom is -0.381 e. The summed E-state index contributed by atoms with van der Waals surface area (Å²) in [7, 11) is 0. The fourth-order valence-electron chi connectivity index (χ4n) is 3.76. The molecular formula is C23H26BrN3O3. The van der Waals surface area contributed by atoms with Crippen molar-refractivity contribution in [2.24, 2.45) is 0 Å². The summed E-state index contributed by atoms with van der Waals surface area (Å²) in [5, 5.41) is 9.35. The highest BCUT2D eigenvalue weighted by atomic mass is 79.9. The van der Waals surface area contributed by atoms with Crippen LogP contribution in [0.4, 0.5) is 5.69 Å². The number of benzene rings is 2. The second-order valence-corrected chi connectivity index (χ2v) is 8.85. The summed E-state index contributed by atoms with van der Waals surface area (Å²) < 4.78 is 6.57. The zero-order chi connectivity index (χ0) is 21.0. The summed E-state index contributed by atoms with van der Waals surface area (Å²) in [5.74, 6) is -0.238. The fraction of sp³-hybridized carbons (Fsp3) is 0.391. The molecule has 1 aliphatic heterocycles. The molecule has 1 saturated carbocycles. The van der Waals surface area contributed by atoms with Gasteiger partial charge in [0.1, 0.15) is 0 Å². The van der Waals surface area contributed by atoms with E-state index in [2.05, 4.69) is 44.0 Å². The molecule has 2 aromatic carbocycles. The lowest BCUT2D eigenvalue weighted by molar-refractivity contribution is -0.116. The Morgan fingerprint density at radius 3 is 2.57 bits per heavy atom. The highest BCUT2D eigenvalue weighted by molar-refractivity contribution is 9.10. The molecule has 30 heavy (non-hydrogen) atoms. The third-order valence-corrected chi connectivity index (χ3v) is 6.13. The number of carbonyl (C=O) groups is 2. The Morgan fingerprint density at radius 2 is 1.83 bits per heavy atom. The average Bonchev–Trinajstić information content (AvgIpc) is 3.57. The van der Waals surface area contributed by atoms with Crippen LogP contribution in [0.3, 0.4) is 0 Å². The van der Waals surface area contributed by atoms with E-state index in [9.17, 15) is 9.59 Å². The van der Waals surface area contributed by atoms with Crippen LogP contribution in [-0.4, -0.2) is 37.6 Å². The summed E-state index contributed by atoms with van der Waals surface area (Å²) >= 11 is 3.54. The molecule has 6 nitrogen and oxygen atoms in total. The molecule has 0 radical (unpaired) electrons. The van der Waals surface area contributed by atoms with E-state index in [1.165, 1.54) is 0 Å². The van der Waals surface area contributed by atoms with Gasteiger partial charge in [-0.2, -0.15) is 0 Å². The van der Waals surface area contributed by atoms with Crippen molar-refractivity contribution < 1.29 is 14.3 Å². The molecule has 1 heterocycles. The van der Waals surface area contributed by atoms with E-state index in [-0.39, 0.29) is 23.9 Å². The van der Waals surface area contributed by atoms with Gasteiger partial charge in [0.05, 0.1) is 6.54 Å². The van der Waals surface area contributed by atoms with Gasteiger partial charge in [0, 0.05) is 40.5 Å². The zero-order valence-corrected chi connectivity index (χ0v) is 18.3. The summed E-state index contributed by atoms with van der Waals surface area (Å²) in [6, 6.07) is 15.5.